The number of nitro groups is 1. The number of carbonyl (C=O) groups excluding carboxylic acids is 1. The molecule has 0 radical (unpaired) electrons. The van der Waals surface area contributed by atoms with Crippen LogP contribution in [-0.4, -0.2) is 22.5 Å². The molecule has 0 saturated heterocycles. The van der Waals surface area contributed by atoms with Crippen LogP contribution in [0.1, 0.15) is 17.3 Å². The first kappa shape index (κ1) is 15.0. The standard InChI is InChI=1S/C14H12N2O4S/c1-2-20-14(17)10-7-8-13(15-9-10)21-12-6-4-3-5-11(12)16(18)19/h3-9H,2H2,1H3. The Morgan fingerprint density at radius 1 is 1.33 bits per heavy atom. The van der Waals surface area contributed by atoms with Gasteiger partial charge in [0.05, 0.1) is 22.0 Å². The molecule has 0 N–H and O–H groups in total. The van der Waals surface area contributed by atoms with Crippen LogP contribution < -0.4 is 0 Å². The van der Waals surface area contributed by atoms with E-state index in [9.17, 15) is 14.9 Å². The van der Waals surface area contributed by atoms with Crippen LogP contribution in [0, 0.1) is 10.1 Å². The van der Waals surface area contributed by atoms with E-state index in [0.717, 1.165) is 0 Å². The minimum atomic E-state index is -0.438. The van der Waals surface area contributed by atoms with Gasteiger partial charge in [-0.1, -0.05) is 23.9 Å². The van der Waals surface area contributed by atoms with Gasteiger partial charge in [0.25, 0.3) is 5.69 Å². The average Bonchev–Trinajstić information content (AvgIpc) is 2.48. The van der Waals surface area contributed by atoms with Gasteiger partial charge in [0, 0.05) is 12.3 Å². The van der Waals surface area contributed by atoms with E-state index in [0.29, 0.717) is 22.1 Å². The number of pyridine rings is 1. The molecule has 108 valence electrons. The smallest absolute Gasteiger partial charge is 0.339 e. The minimum absolute atomic E-state index is 0.0266. The third kappa shape index (κ3) is 3.79. The number of carbonyl (C=O) groups is 1. The van der Waals surface area contributed by atoms with Gasteiger partial charge >= 0.3 is 5.97 Å². The van der Waals surface area contributed by atoms with Crippen molar-refractivity contribution in [1.29, 1.82) is 0 Å². The Hall–Kier alpha value is -2.41. The fourth-order valence-corrected chi connectivity index (χ4v) is 2.44. The lowest BCUT2D eigenvalue weighted by atomic mass is 10.3. The Balaban J connectivity index is 2.18. The monoisotopic (exact) mass is 304 g/mol. The minimum Gasteiger partial charge on any atom is -0.462 e. The number of ether oxygens (including phenoxy) is 1. The fraction of sp³-hybridized carbons (Fsp3) is 0.143. The number of rotatable bonds is 5. The van der Waals surface area contributed by atoms with E-state index >= 15 is 0 Å². The van der Waals surface area contributed by atoms with Gasteiger partial charge < -0.3 is 4.74 Å². The number of hydrogen-bond donors (Lipinski definition) is 0. The number of benzene rings is 1. The van der Waals surface area contributed by atoms with Crippen LogP contribution in [-0.2, 0) is 4.74 Å². The lowest BCUT2D eigenvalue weighted by Crippen LogP contribution is -2.04. The first-order valence-corrected chi connectivity index (χ1v) is 6.98. The second-order valence-electron chi connectivity index (χ2n) is 3.93. The second-order valence-corrected chi connectivity index (χ2v) is 4.99. The molecule has 1 heterocycles. The van der Waals surface area contributed by atoms with Crippen LogP contribution in [0.4, 0.5) is 5.69 Å². The highest BCUT2D eigenvalue weighted by atomic mass is 32.2. The molecule has 0 aliphatic heterocycles. The van der Waals surface area contributed by atoms with Crippen molar-refractivity contribution in [2.45, 2.75) is 16.8 Å². The van der Waals surface area contributed by atoms with Crippen LogP contribution in [0.25, 0.3) is 0 Å². The summed E-state index contributed by atoms with van der Waals surface area (Å²) in [5.74, 6) is -0.438. The quantitative estimate of drug-likeness (QED) is 0.479. The van der Waals surface area contributed by atoms with Gasteiger partial charge in [0.15, 0.2) is 0 Å². The van der Waals surface area contributed by atoms with Gasteiger partial charge in [0.2, 0.25) is 0 Å². The van der Waals surface area contributed by atoms with E-state index in [1.165, 1.54) is 24.0 Å². The van der Waals surface area contributed by atoms with Crippen molar-refractivity contribution in [3.63, 3.8) is 0 Å². The number of aromatic nitrogens is 1. The molecule has 1 aromatic heterocycles. The Morgan fingerprint density at radius 2 is 2.10 bits per heavy atom. The van der Waals surface area contributed by atoms with Gasteiger partial charge in [-0.05, 0) is 25.1 Å². The van der Waals surface area contributed by atoms with Gasteiger partial charge in [-0.25, -0.2) is 9.78 Å². The summed E-state index contributed by atoms with van der Waals surface area (Å²) in [7, 11) is 0. The van der Waals surface area contributed by atoms with E-state index in [2.05, 4.69) is 4.98 Å². The predicted molar refractivity (Wildman–Crippen MR) is 77.4 cm³/mol. The topological polar surface area (TPSA) is 82.3 Å². The summed E-state index contributed by atoms with van der Waals surface area (Å²) in [6.45, 7) is 2.02. The summed E-state index contributed by atoms with van der Waals surface area (Å²) in [6, 6.07) is 9.65. The largest absolute Gasteiger partial charge is 0.462 e. The average molecular weight is 304 g/mol. The Bertz CT molecular complexity index is 658. The maximum absolute atomic E-state index is 11.5. The highest BCUT2D eigenvalue weighted by Crippen LogP contribution is 2.33. The van der Waals surface area contributed by atoms with Gasteiger partial charge in [0.1, 0.15) is 5.03 Å². The zero-order chi connectivity index (χ0) is 15.2. The van der Waals surface area contributed by atoms with Crippen LogP contribution in [0.2, 0.25) is 0 Å². The van der Waals surface area contributed by atoms with E-state index in [1.54, 1.807) is 37.3 Å². The molecule has 21 heavy (non-hydrogen) atoms. The predicted octanol–water partition coefficient (Wildman–Crippen LogP) is 3.32. The van der Waals surface area contributed by atoms with Gasteiger partial charge in [-0.15, -0.1) is 0 Å². The lowest BCUT2D eigenvalue weighted by Gasteiger charge is -2.04. The fourth-order valence-electron chi connectivity index (χ4n) is 1.58. The number of nitro benzene ring substituents is 1. The SMILES string of the molecule is CCOC(=O)c1ccc(Sc2ccccc2[N+](=O)[O-])nc1. The molecule has 0 spiro atoms. The summed E-state index contributed by atoms with van der Waals surface area (Å²) < 4.78 is 4.86. The molecule has 0 atom stereocenters. The van der Waals surface area contributed by atoms with Crippen molar-refractivity contribution in [1.82, 2.24) is 4.98 Å². The van der Waals surface area contributed by atoms with Crippen molar-refractivity contribution in [2.75, 3.05) is 6.61 Å². The molecule has 0 aliphatic rings. The number of para-hydroxylation sites is 1. The number of nitrogens with zero attached hydrogens (tertiary/aromatic N) is 2. The maximum Gasteiger partial charge on any atom is 0.339 e. The van der Waals surface area contributed by atoms with E-state index in [1.807, 2.05) is 0 Å². The summed E-state index contributed by atoms with van der Waals surface area (Å²) in [6.07, 6.45) is 1.40. The molecule has 7 heteroatoms. The molecule has 0 unspecified atom stereocenters. The van der Waals surface area contributed by atoms with Gasteiger partial charge in [-0.2, -0.15) is 0 Å². The van der Waals surface area contributed by atoms with E-state index in [-0.39, 0.29) is 5.69 Å². The van der Waals surface area contributed by atoms with Crippen molar-refractivity contribution in [3.8, 4) is 0 Å². The molecule has 0 aliphatic carbocycles. The second kappa shape index (κ2) is 6.85. The third-order valence-electron chi connectivity index (χ3n) is 2.52. The molecule has 2 aromatic rings. The zero-order valence-corrected chi connectivity index (χ0v) is 12.0. The van der Waals surface area contributed by atoms with Crippen molar-refractivity contribution in [2.24, 2.45) is 0 Å². The van der Waals surface area contributed by atoms with Crippen LogP contribution >= 0.6 is 11.8 Å². The van der Waals surface area contributed by atoms with E-state index < -0.39 is 10.9 Å². The molecule has 2 rings (SSSR count). The highest BCUT2D eigenvalue weighted by molar-refractivity contribution is 7.99. The highest BCUT2D eigenvalue weighted by Gasteiger charge is 2.14. The Labute approximate surface area is 125 Å². The van der Waals surface area contributed by atoms with Crippen LogP contribution in [0.3, 0.4) is 0 Å². The molecule has 0 amide bonds. The Morgan fingerprint density at radius 3 is 2.71 bits per heavy atom. The number of esters is 1. The molecular weight excluding hydrogens is 292 g/mol. The van der Waals surface area contributed by atoms with E-state index in [4.69, 9.17) is 4.74 Å². The number of hydrogen-bond acceptors (Lipinski definition) is 6. The molecular formula is C14H12N2O4S. The molecule has 0 bridgehead atoms. The summed E-state index contributed by atoms with van der Waals surface area (Å²) in [5, 5.41) is 11.5. The summed E-state index contributed by atoms with van der Waals surface area (Å²) in [4.78, 5) is 26.6. The van der Waals surface area contributed by atoms with Crippen molar-refractivity contribution < 1.29 is 14.5 Å². The van der Waals surface area contributed by atoms with Crippen molar-refractivity contribution in [3.05, 3.63) is 58.3 Å². The zero-order valence-electron chi connectivity index (χ0n) is 11.2. The molecule has 1 aromatic carbocycles. The lowest BCUT2D eigenvalue weighted by molar-refractivity contribution is -0.387. The van der Waals surface area contributed by atoms with Crippen LogP contribution in [0.15, 0.2) is 52.5 Å². The first-order chi connectivity index (χ1) is 10.1. The molecule has 0 saturated carbocycles. The first-order valence-electron chi connectivity index (χ1n) is 6.16. The summed E-state index contributed by atoms with van der Waals surface area (Å²) >= 11 is 1.17. The van der Waals surface area contributed by atoms with Crippen LogP contribution in [0.5, 0.6) is 0 Å². The molecule has 0 fully saturated rings. The third-order valence-corrected chi connectivity index (χ3v) is 3.54. The van der Waals surface area contributed by atoms with Crippen molar-refractivity contribution >= 4 is 23.4 Å². The normalized spacial score (nSPS) is 10.1. The summed E-state index contributed by atoms with van der Waals surface area (Å²) in [5.41, 5.74) is 0.377. The molecule has 6 nitrogen and oxygen atoms in total. The maximum atomic E-state index is 11.5. The Kier molecular flexibility index (Phi) is 4.89. The van der Waals surface area contributed by atoms with Gasteiger partial charge in [-0.3, -0.25) is 10.1 Å².